The first-order chi connectivity index (χ1) is 10.3. The van der Waals surface area contributed by atoms with Crippen molar-refractivity contribution in [2.45, 2.75) is 11.4 Å². The topological polar surface area (TPSA) is 64.3 Å². The number of ether oxygens (including phenoxy) is 1. The number of nitrogens with zero attached hydrogens (tertiary/aromatic N) is 3. The van der Waals surface area contributed by atoms with Crippen LogP contribution in [0.3, 0.4) is 0 Å². The van der Waals surface area contributed by atoms with Crippen LogP contribution >= 0.6 is 11.8 Å². The van der Waals surface area contributed by atoms with E-state index in [1.54, 1.807) is 25.2 Å². The maximum absolute atomic E-state index is 5.66. The highest BCUT2D eigenvalue weighted by molar-refractivity contribution is 7.98. The number of benzene rings is 1. The molecule has 2 aromatic rings. The van der Waals surface area contributed by atoms with Gasteiger partial charge < -0.3 is 15.4 Å². The van der Waals surface area contributed by atoms with Crippen molar-refractivity contribution < 1.29 is 4.74 Å². The molecule has 0 bridgehead atoms. The van der Waals surface area contributed by atoms with Crippen LogP contribution in [0.1, 0.15) is 6.42 Å². The Labute approximate surface area is 129 Å². The lowest BCUT2D eigenvalue weighted by molar-refractivity contribution is 0.415. The zero-order valence-corrected chi connectivity index (χ0v) is 13.1. The predicted octanol–water partition coefficient (Wildman–Crippen LogP) is 2.69. The van der Waals surface area contributed by atoms with Crippen molar-refractivity contribution in [1.29, 1.82) is 0 Å². The SMILES string of the molecule is COc1cccc(N(CCCN)c2cc(SC)ncn2)c1. The van der Waals surface area contributed by atoms with E-state index in [0.717, 1.165) is 35.2 Å². The number of hydrogen-bond acceptors (Lipinski definition) is 6. The maximum Gasteiger partial charge on any atom is 0.137 e. The van der Waals surface area contributed by atoms with E-state index in [4.69, 9.17) is 10.5 Å². The van der Waals surface area contributed by atoms with Crippen molar-refractivity contribution in [2.75, 3.05) is 31.4 Å². The summed E-state index contributed by atoms with van der Waals surface area (Å²) in [6.07, 6.45) is 4.48. The molecular formula is C15H20N4OS. The van der Waals surface area contributed by atoms with Crippen molar-refractivity contribution in [3.63, 3.8) is 0 Å². The molecule has 2 rings (SSSR count). The Morgan fingerprint density at radius 2 is 2.14 bits per heavy atom. The first-order valence-corrected chi connectivity index (χ1v) is 7.98. The molecule has 5 nitrogen and oxygen atoms in total. The van der Waals surface area contributed by atoms with Crippen LogP contribution in [0.2, 0.25) is 0 Å². The lowest BCUT2D eigenvalue weighted by Gasteiger charge is -2.24. The van der Waals surface area contributed by atoms with E-state index in [1.807, 2.05) is 36.6 Å². The fraction of sp³-hybridized carbons (Fsp3) is 0.333. The summed E-state index contributed by atoms with van der Waals surface area (Å²) in [7, 11) is 1.67. The fourth-order valence-electron chi connectivity index (χ4n) is 1.99. The van der Waals surface area contributed by atoms with Crippen LogP contribution in [-0.2, 0) is 0 Å². The van der Waals surface area contributed by atoms with Gasteiger partial charge in [0.1, 0.15) is 22.9 Å². The van der Waals surface area contributed by atoms with E-state index in [1.165, 1.54) is 0 Å². The van der Waals surface area contributed by atoms with Gasteiger partial charge in [0.2, 0.25) is 0 Å². The van der Waals surface area contributed by atoms with Gasteiger partial charge in [0.25, 0.3) is 0 Å². The molecule has 0 fully saturated rings. The van der Waals surface area contributed by atoms with E-state index in [9.17, 15) is 0 Å². The average Bonchev–Trinajstić information content (AvgIpc) is 2.55. The summed E-state index contributed by atoms with van der Waals surface area (Å²) in [6, 6.07) is 9.93. The number of nitrogens with two attached hydrogens (primary N) is 1. The summed E-state index contributed by atoms with van der Waals surface area (Å²) in [5.41, 5.74) is 6.69. The number of methoxy groups -OCH3 is 1. The van der Waals surface area contributed by atoms with Gasteiger partial charge in [-0.1, -0.05) is 6.07 Å². The third-order valence-corrected chi connectivity index (χ3v) is 3.71. The van der Waals surface area contributed by atoms with Gasteiger partial charge in [0, 0.05) is 24.4 Å². The van der Waals surface area contributed by atoms with Crippen LogP contribution < -0.4 is 15.4 Å². The largest absolute Gasteiger partial charge is 0.497 e. The molecule has 1 heterocycles. The first-order valence-electron chi connectivity index (χ1n) is 6.76. The molecule has 1 aromatic carbocycles. The Hall–Kier alpha value is -1.79. The van der Waals surface area contributed by atoms with E-state index in [2.05, 4.69) is 14.9 Å². The van der Waals surface area contributed by atoms with Gasteiger partial charge >= 0.3 is 0 Å². The Morgan fingerprint density at radius 1 is 1.29 bits per heavy atom. The van der Waals surface area contributed by atoms with Crippen LogP contribution in [0.15, 0.2) is 41.7 Å². The minimum absolute atomic E-state index is 0.640. The maximum atomic E-state index is 5.66. The van der Waals surface area contributed by atoms with Crippen LogP contribution in [0.4, 0.5) is 11.5 Å². The van der Waals surface area contributed by atoms with E-state index in [0.29, 0.717) is 6.54 Å². The minimum atomic E-state index is 0.640. The molecule has 112 valence electrons. The smallest absolute Gasteiger partial charge is 0.137 e. The van der Waals surface area contributed by atoms with Gasteiger partial charge in [0.05, 0.1) is 7.11 Å². The number of rotatable bonds is 7. The molecule has 0 radical (unpaired) electrons. The second-order valence-electron chi connectivity index (χ2n) is 4.41. The molecule has 0 aliphatic rings. The fourth-order valence-corrected chi connectivity index (χ4v) is 2.37. The Bertz CT molecular complexity index is 532. The standard InChI is InChI=1S/C15H20N4OS/c1-20-13-6-3-5-12(9-13)19(8-4-7-16)14-10-15(21-2)18-11-17-14/h3,5-6,9-11H,4,7-8,16H2,1-2H3. The Morgan fingerprint density at radius 3 is 2.86 bits per heavy atom. The zero-order valence-electron chi connectivity index (χ0n) is 12.3. The Balaban J connectivity index is 2.36. The molecule has 1 aromatic heterocycles. The number of anilines is 2. The zero-order chi connectivity index (χ0) is 15.1. The van der Waals surface area contributed by atoms with Crippen LogP contribution in [0.5, 0.6) is 5.75 Å². The van der Waals surface area contributed by atoms with Crippen molar-refractivity contribution >= 4 is 23.3 Å². The monoisotopic (exact) mass is 304 g/mol. The molecule has 0 atom stereocenters. The average molecular weight is 304 g/mol. The lowest BCUT2D eigenvalue weighted by Crippen LogP contribution is -2.22. The van der Waals surface area contributed by atoms with Gasteiger partial charge in [-0.05, 0) is 31.4 Å². The molecule has 0 aliphatic heterocycles. The highest BCUT2D eigenvalue weighted by Crippen LogP contribution is 2.28. The molecular weight excluding hydrogens is 284 g/mol. The molecule has 2 N–H and O–H groups in total. The van der Waals surface area contributed by atoms with Crippen molar-refractivity contribution in [3.05, 3.63) is 36.7 Å². The molecule has 21 heavy (non-hydrogen) atoms. The molecule has 0 unspecified atom stereocenters. The third kappa shape index (κ3) is 4.09. The summed E-state index contributed by atoms with van der Waals surface area (Å²) in [6.45, 7) is 1.44. The number of thioether (sulfide) groups is 1. The predicted molar refractivity (Wildman–Crippen MR) is 87.5 cm³/mol. The normalized spacial score (nSPS) is 10.4. The number of aromatic nitrogens is 2. The molecule has 0 saturated carbocycles. The summed E-state index contributed by atoms with van der Waals surface area (Å²) < 4.78 is 5.30. The van der Waals surface area contributed by atoms with E-state index >= 15 is 0 Å². The summed E-state index contributed by atoms with van der Waals surface area (Å²) >= 11 is 1.60. The van der Waals surface area contributed by atoms with Crippen molar-refractivity contribution in [2.24, 2.45) is 5.73 Å². The molecule has 6 heteroatoms. The van der Waals surface area contributed by atoms with Gasteiger partial charge in [-0.25, -0.2) is 9.97 Å². The van der Waals surface area contributed by atoms with Gasteiger partial charge in [-0.15, -0.1) is 11.8 Å². The van der Waals surface area contributed by atoms with Crippen molar-refractivity contribution in [3.8, 4) is 5.75 Å². The summed E-state index contributed by atoms with van der Waals surface area (Å²) in [5, 5.41) is 0.945. The minimum Gasteiger partial charge on any atom is -0.497 e. The van der Waals surface area contributed by atoms with Gasteiger partial charge in [-0.3, -0.25) is 0 Å². The van der Waals surface area contributed by atoms with Crippen LogP contribution in [0.25, 0.3) is 0 Å². The van der Waals surface area contributed by atoms with Gasteiger partial charge in [0.15, 0.2) is 0 Å². The van der Waals surface area contributed by atoms with Crippen molar-refractivity contribution in [1.82, 2.24) is 9.97 Å². The first kappa shape index (κ1) is 15.6. The highest BCUT2D eigenvalue weighted by Gasteiger charge is 2.12. The molecule has 0 amide bonds. The van der Waals surface area contributed by atoms with Crippen LogP contribution in [-0.4, -0.2) is 36.4 Å². The molecule has 0 aliphatic carbocycles. The molecule has 0 saturated heterocycles. The lowest BCUT2D eigenvalue weighted by atomic mass is 10.2. The quantitative estimate of drug-likeness (QED) is 0.627. The van der Waals surface area contributed by atoms with Gasteiger partial charge in [-0.2, -0.15) is 0 Å². The second-order valence-corrected chi connectivity index (χ2v) is 5.24. The second kappa shape index (κ2) is 7.85. The van der Waals surface area contributed by atoms with Crippen LogP contribution in [0, 0.1) is 0 Å². The Kier molecular flexibility index (Phi) is 5.83. The summed E-state index contributed by atoms with van der Waals surface area (Å²) in [5.74, 6) is 1.69. The van der Waals surface area contributed by atoms with E-state index < -0.39 is 0 Å². The number of hydrogen-bond donors (Lipinski definition) is 1. The molecule has 0 spiro atoms. The summed E-state index contributed by atoms with van der Waals surface area (Å²) in [4.78, 5) is 10.8. The van der Waals surface area contributed by atoms with E-state index in [-0.39, 0.29) is 0 Å². The highest BCUT2D eigenvalue weighted by atomic mass is 32.2. The third-order valence-electron chi connectivity index (χ3n) is 3.06.